The summed E-state index contributed by atoms with van der Waals surface area (Å²) in [5.41, 5.74) is 28.0. The van der Waals surface area contributed by atoms with E-state index in [2.05, 4.69) is 106 Å². The second-order valence-corrected chi connectivity index (χ2v) is 40.9. The molecule has 1 aromatic carbocycles. The number of aliphatic hydroxyl groups is 3. The average Bonchev–Trinajstić information content (AvgIpc) is 1.74. The number of aromatic amines is 1. The number of amides is 20. The number of nitrogens with two attached hydrogens (primary N) is 4. The summed E-state index contributed by atoms with van der Waals surface area (Å²) in [7, 11) is 0. The maximum atomic E-state index is 15.2. The number of primary amides is 1. The fourth-order valence-corrected chi connectivity index (χ4v) is 18.5. The number of guanidine groups is 2. The van der Waals surface area contributed by atoms with E-state index in [4.69, 9.17) is 33.8 Å². The predicted octanol–water partition coefficient (Wildman–Crippen LogP) is -9.12. The molecule has 4 aliphatic heterocycles. The topological polar surface area (TPSA) is 812 Å². The molecule has 32 N–H and O–H groups in total. The molecule has 4 bridgehead atoms. The Labute approximate surface area is 864 Å². The number of fused-ring (bicyclic) bond motifs is 8. The highest BCUT2D eigenvalue weighted by Crippen LogP contribution is 2.25. The Kier molecular flexibility index (Phi) is 52.2. The molecule has 20 amide bonds. The van der Waals surface area contributed by atoms with Gasteiger partial charge in [0, 0.05) is 92.5 Å². The van der Waals surface area contributed by atoms with Crippen LogP contribution in [-0.2, 0) is 109 Å². The van der Waals surface area contributed by atoms with E-state index in [1.807, 2.05) is 0 Å². The quantitative estimate of drug-likeness (QED) is 0.0224. The summed E-state index contributed by atoms with van der Waals surface area (Å²) in [5, 5.41) is 89.5. The fraction of sp³-hybridized carbons (Fsp3) is 0.659. The zero-order valence-electron chi connectivity index (χ0n) is 84.4. The number of nitrogens with zero attached hydrogens (tertiary/aromatic N) is 5. The monoisotopic (exact) mass is 2130 g/mol. The highest BCUT2D eigenvalue weighted by atomic mass is 32.2. The second-order valence-electron chi connectivity index (χ2n) is 37.5. The Bertz CT molecular complexity index is 4840. The van der Waals surface area contributed by atoms with Crippen molar-refractivity contribution in [1.29, 1.82) is 10.8 Å². The molecule has 4 saturated heterocycles. The third-order valence-electron chi connectivity index (χ3n) is 24.2. The van der Waals surface area contributed by atoms with Crippen LogP contribution in [0.3, 0.4) is 0 Å². The number of thioether (sulfide) groups is 3. The molecule has 818 valence electrons. The van der Waals surface area contributed by atoms with Gasteiger partial charge in [-0.3, -0.25) is 112 Å². The lowest BCUT2D eigenvalue weighted by Gasteiger charge is -2.42. The van der Waals surface area contributed by atoms with E-state index in [0.717, 1.165) is 40.2 Å². The van der Waals surface area contributed by atoms with Crippen LogP contribution in [0.4, 0.5) is 0 Å². The summed E-state index contributed by atoms with van der Waals surface area (Å²) in [4.78, 5) is 304. The molecule has 56 heteroatoms. The van der Waals surface area contributed by atoms with Crippen LogP contribution in [-0.4, -0.2) is 372 Å². The first-order chi connectivity index (χ1) is 69.7. The number of benzene rings is 1. The molecular formula is C91H148N30O23S3. The van der Waals surface area contributed by atoms with E-state index < -0.39 is 303 Å². The minimum Gasteiger partial charge on any atom is -0.394 e. The first-order valence-electron chi connectivity index (χ1n) is 48.9. The molecule has 0 saturated carbocycles. The van der Waals surface area contributed by atoms with Crippen molar-refractivity contribution in [3.8, 4) is 0 Å². The zero-order valence-corrected chi connectivity index (χ0v) is 86.9. The summed E-state index contributed by atoms with van der Waals surface area (Å²) in [5.74, 6) is -23.6. The Morgan fingerprint density at radius 1 is 0.503 bits per heavy atom. The molecule has 0 aliphatic carbocycles. The van der Waals surface area contributed by atoms with Gasteiger partial charge in [-0.2, -0.15) is 35.3 Å². The van der Waals surface area contributed by atoms with Crippen LogP contribution in [0, 0.1) is 34.5 Å². The summed E-state index contributed by atoms with van der Waals surface area (Å²) in [6.45, 7) is 11.1. The van der Waals surface area contributed by atoms with Crippen molar-refractivity contribution < 1.29 is 111 Å². The molecule has 6 rings (SSSR count). The molecule has 0 unspecified atom stereocenters. The molecule has 147 heavy (non-hydrogen) atoms. The van der Waals surface area contributed by atoms with Crippen LogP contribution in [0.1, 0.15) is 158 Å². The molecule has 0 radical (unpaired) electrons. The van der Waals surface area contributed by atoms with Crippen molar-refractivity contribution in [1.82, 2.24) is 125 Å². The molecular weight excluding hydrogens is 1980 g/mol. The van der Waals surface area contributed by atoms with Crippen molar-refractivity contribution in [3.63, 3.8) is 0 Å². The Morgan fingerprint density at radius 3 is 1.46 bits per heavy atom. The number of carbonyl (C=O) groups is 20. The van der Waals surface area contributed by atoms with Gasteiger partial charge in [-0.05, 0) is 94.4 Å². The van der Waals surface area contributed by atoms with Gasteiger partial charge < -0.3 is 148 Å². The number of imidazole rings is 1. The van der Waals surface area contributed by atoms with Crippen LogP contribution >= 0.6 is 35.3 Å². The van der Waals surface area contributed by atoms with Gasteiger partial charge in [0.2, 0.25) is 112 Å². The number of aliphatic hydroxyl groups excluding tert-OH is 3. The Morgan fingerprint density at radius 2 is 0.952 bits per heavy atom. The van der Waals surface area contributed by atoms with E-state index in [1.165, 1.54) is 41.1 Å². The van der Waals surface area contributed by atoms with E-state index in [-0.39, 0.29) is 143 Å². The molecule has 5 heterocycles. The number of carbonyl (C=O) groups excluding carboxylic acids is 20. The number of nitrogens with one attached hydrogen (secondary N) is 21. The van der Waals surface area contributed by atoms with Crippen molar-refractivity contribution >= 4 is 165 Å². The highest BCUT2D eigenvalue weighted by molar-refractivity contribution is 7.99. The smallest absolute Gasteiger partial charge is 0.257 e. The minimum atomic E-state index is -1.92. The van der Waals surface area contributed by atoms with Gasteiger partial charge in [-0.15, -0.1) is 0 Å². The van der Waals surface area contributed by atoms with E-state index in [9.17, 15) is 92.0 Å². The van der Waals surface area contributed by atoms with Crippen LogP contribution in [0.25, 0.3) is 0 Å². The largest absolute Gasteiger partial charge is 0.394 e. The van der Waals surface area contributed by atoms with Gasteiger partial charge in [0.25, 0.3) is 5.91 Å². The fourth-order valence-electron chi connectivity index (χ4n) is 15.7. The first-order valence-corrected chi connectivity index (χ1v) is 52.4. The van der Waals surface area contributed by atoms with Gasteiger partial charge in [0.15, 0.2) is 11.9 Å². The number of hydrogen-bond donors (Lipinski definition) is 28. The van der Waals surface area contributed by atoms with Gasteiger partial charge in [-0.1, -0.05) is 92.1 Å². The third-order valence-corrected chi connectivity index (χ3v) is 27.4. The first kappa shape index (κ1) is 123. The molecule has 1 aromatic heterocycles. The van der Waals surface area contributed by atoms with Crippen LogP contribution in [0.2, 0.25) is 0 Å². The summed E-state index contributed by atoms with van der Waals surface area (Å²) >= 11 is 2.80. The van der Waals surface area contributed by atoms with Crippen LogP contribution in [0.5, 0.6) is 0 Å². The molecule has 2 aromatic rings. The number of aromatic nitrogens is 2. The lowest BCUT2D eigenvalue weighted by atomic mass is 9.96. The van der Waals surface area contributed by atoms with Gasteiger partial charge >= 0.3 is 0 Å². The maximum absolute atomic E-state index is 15.2. The van der Waals surface area contributed by atoms with Crippen molar-refractivity contribution in [2.45, 2.75) is 262 Å². The van der Waals surface area contributed by atoms with Crippen LogP contribution < -0.4 is 119 Å². The van der Waals surface area contributed by atoms with Gasteiger partial charge in [0.05, 0.1) is 57.9 Å². The van der Waals surface area contributed by atoms with E-state index in [0.29, 0.717) is 5.56 Å². The molecule has 0 spiro atoms. The summed E-state index contributed by atoms with van der Waals surface area (Å²) in [6, 6.07) is -18.7. The van der Waals surface area contributed by atoms with Gasteiger partial charge in [0.1, 0.15) is 96.7 Å². The summed E-state index contributed by atoms with van der Waals surface area (Å²) < 4.78 is 0. The zero-order chi connectivity index (χ0) is 109. The standard InChI is InChI=1S/C91H148N30O23S3/c1-11-50(8)72-88(143)107-59(35-54-36-98-43-101-54)79(134)112-64(83(138)102-52(10)73(93)128)40-145-29-23-68(125)118-44-119-46-120(45-118)70(127)25-31-147-42-66(85(140)117-116-63(39-124)82(137)110-62(38-123)80(135)105-57(32-47(2)3)77(132)108-60(33-48(4)5)89(144)121-28-17-22-67(121)86(141)103-56(76(131)115-72)21-16-27-100-91(96)97)113-78(133)58(34-53-18-13-12-14-19-53)106-81(136)61(37-122)109-75(130)55(20-15-26-99-90(94)95)104-87(142)71(49(6)7)114-84(139)65(111-74(129)51(9)92)41-146-30-24-69(119)126/h12-14,18-19,36,43,47-52,55-67,71-72,116,122-124H,11,15-17,20-35,37-42,44-46,92H2,1-10H3,(H2,93,128)(H,98,101)(H,102,138)(H,103,141)(H,104,142)(H,105,135)(H,106,136)(H,107,143)(H,108,132)(H,109,130)(H,110,137)(H,111,129)(H,112,134)(H,113,133)(H,114,139)(H,115,131)(H,117,140)(H4,94,95,99)(H4,96,97,100)/t50-,51-,52-,55-,56-,57-,58-,59-,60-,61-,62-,63-,64-,65-,66-,67-,71-,72-/m0/s1. The van der Waals surface area contributed by atoms with Crippen LogP contribution in [0.15, 0.2) is 42.9 Å². The van der Waals surface area contributed by atoms with E-state index in [1.54, 1.807) is 85.7 Å². The average molecular weight is 2130 g/mol. The second kappa shape index (κ2) is 62.4. The number of rotatable bonds is 27. The Balaban J connectivity index is 1.49. The van der Waals surface area contributed by atoms with Crippen molar-refractivity contribution in [2.24, 2.45) is 46.6 Å². The SMILES string of the molecule is CC[C@H](C)[C@@H]1NC(=O)[C@H](CCCNC(=N)N)NC(=O)[C@@H]2CCCN2C(=O)[C@H](CC(C)C)NC(=O)[C@H](CC(C)C)NC(=O)[C@H](CO)NC(=O)[C@H](CO)NNC(=O)[C@@H]2CSCCC(=O)N3CN(CN(C3)C(=O)CCSC[C@@H](C(=O)N[C@@H](C)C(N)=O)NC(=O)[C@H](Cc3c[nH]cn3)NC1=O)C(=O)CCSC[C@H](NC(=O)[C@H](C)N)C(=O)N[C@@H](C(C)C)C(=O)N[C@@H](CCCNC(=N)N)C(=O)N[C@@H](CO)C(=O)N[C@@H](Cc1ccccc1)C(=O)N2. The van der Waals surface area contributed by atoms with Crippen molar-refractivity contribution in [3.05, 3.63) is 54.1 Å². The highest BCUT2D eigenvalue weighted by Gasteiger charge is 2.44. The minimum absolute atomic E-state index is 0.0106. The Hall–Kier alpha value is -12.8. The molecule has 4 fully saturated rings. The molecule has 4 aliphatic rings. The summed E-state index contributed by atoms with van der Waals surface area (Å²) in [6.07, 6.45) is 0.858. The normalized spacial score (nSPS) is 25.7. The molecule has 18 atom stereocenters. The van der Waals surface area contributed by atoms with Gasteiger partial charge in [-0.25, -0.2) is 10.4 Å². The number of H-pyrrole nitrogens is 1. The number of hydrazine groups is 1. The lowest BCUT2D eigenvalue weighted by Crippen LogP contribution is -2.63. The lowest BCUT2D eigenvalue weighted by molar-refractivity contribution is -0.158. The van der Waals surface area contributed by atoms with Crippen molar-refractivity contribution in [2.75, 3.05) is 94.0 Å². The number of hydrogen-bond acceptors (Lipinski definition) is 31. The van der Waals surface area contributed by atoms with E-state index >= 15 is 19.2 Å². The maximum Gasteiger partial charge on any atom is 0.257 e. The predicted molar refractivity (Wildman–Crippen MR) is 542 cm³/mol. The third kappa shape index (κ3) is 41.1. The molecule has 53 nitrogen and oxygen atoms in total.